The summed E-state index contributed by atoms with van der Waals surface area (Å²) in [6.45, 7) is 20.0. The van der Waals surface area contributed by atoms with Gasteiger partial charge in [-0.2, -0.15) is 23.5 Å². The molecule has 0 amide bonds. The van der Waals surface area contributed by atoms with E-state index in [9.17, 15) is 19.2 Å². The number of methoxy groups -OCH3 is 1. The fourth-order valence-electron chi connectivity index (χ4n) is 4.48. The molecule has 3 unspecified atom stereocenters. The number of ether oxygens (including phenoxy) is 6. The smallest absolute Gasteiger partial charge is 0.309 e. The molecule has 1 rings (SSSR count). The lowest BCUT2D eigenvalue weighted by atomic mass is 9.80. The predicted octanol–water partition coefficient (Wildman–Crippen LogP) is 4.16. The summed E-state index contributed by atoms with van der Waals surface area (Å²) in [5, 5.41) is 8.61. The van der Waals surface area contributed by atoms with Crippen molar-refractivity contribution >= 4 is 55.2 Å². The highest BCUT2D eigenvalue weighted by molar-refractivity contribution is 8.00. The SMILES string of the molecule is BC(C)(CCn1cc(CN(CCC(=O)OCCOC(=O)C(C)CSCC)CCC(=O)OCCOC(=O)C(C)CSC(C)(C)C)nn1)OCCC(C)(C)OC. The zero-order chi connectivity index (χ0) is 40.8. The number of carbonyl (C=O) groups excluding carboxylic acids is 4. The molecule has 54 heavy (non-hydrogen) atoms. The first-order valence-electron chi connectivity index (χ1n) is 18.9. The molecule has 0 saturated carbocycles. The molecule has 17 heteroatoms. The number of hydrogen-bond donors (Lipinski definition) is 0. The van der Waals surface area contributed by atoms with Crippen LogP contribution in [0.3, 0.4) is 0 Å². The minimum atomic E-state index is -0.455. The lowest BCUT2D eigenvalue weighted by Gasteiger charge is -2.29. The van der Waals surface area contributed by atoms with Crippen molar-refractivity contribution in [1.82, 2.24) is 19.9 Å². The highest BCUT2D eigenvalue weighted by Crippen LogP contribution is 2.25. The van der Waals surface area contributed by atoms with Crippen molar-refractivity contribution in [2.75, 3.05) is 70.5 Å². The van der Waals surface area contributed by atoms with Gasteiger partial charge in [-0.25, -0.2) is 0 Å². The standard InChI is InChI=1S/C37H67BN4O10S2/c1-11-53-26-28(2)33(45)50-22-20-48-31(43)12-16-41(17-13-32(44)49-21-23-51-34(46)29(3)27-54-35(4,5)6)24-30-25-42(40-39-30)18-14-37(9,38)52-19-15-36(7,8)47-10/h25,28-29H,11-24,26-27,38H2,1-10H3. The molecule has 14 nitrogen and oxygen atoms in total. The molecule has 0 saturated heterocycles. The number of thioether (sulfide) groups is 2. The van der Waals surface area contributed by atoms with Gasteiger partial charge in [-0.3, -0.25) is 28.8 Å². The van der Waals surface area contributed by atoms with Gasteiger partial charge in [0.05, 0.1) is 36.0 Å². The molecule has 1 aromatic rings. The molecule has 0 aliphatic heterocycles. The van der Waals surface area contributed by atoms with Crippen LogP contribution >= 0.6 is 23.5 Å². The third kappa shape index (κ3) is 24.2. The van der Waals surface area contributed by atoms with Gasteiger partial charge < -0.3 is 28.4 Å². The van der Waals surface area contributed by atoms with Gasteiger partial charge in [0, 0.05) is 67.8 Å². The van der Waals surface area contributed by atoms with Crippen molar-refractivity contribution in [3.8, 4) is 0 Å². The molecule has 0 aliphatic rings. The monoisotopic (exact) mass is 802 g/mol. The van der Waals surface area contributed by atoms with Crippen molar-refractivity contribution in [2.24, 2.45) is 11.8 Å². The summed E-state index contributed by atoms with van der Waals surface area (Å²) < 4.78 is 34.6. The Labute approximate surface area is 332 Å². The van der Waals surface area contributed by atoms with Crippen LogP contribution in [-0.2, 0) is 60.7 Å². The number of esters is 4. The van der Waals surface area contributed by atoms with Crippen LogP contribution in [0.4, 0.5) is 0 Å². The van der Waals surface area contributed by atoms with E-state index in [4.69, 9.17) is 28.4 Å². The van der Waals surface area contributed by atoms with Gasteiger partial charge in [0.15, 0.2) is 0 Å². The zero-order valence-electron chi connectivity index (χ0n) is 34.7. The molecule has 0 fully saturated rings. The van der Waals surface area contributed by atoms with Crippen LogP contribution in [0.1, 0.15) is 93.7 Å². The third-order valence-corrected chi connectivity index (χ3v) is 10.9. The van der Waals surface area contributed by atoms with Crippen LogP contribution in [0, 0.1) is 11.8 Å². The van der Waals surface area contributed by atoms with Crippen LogP contribution in [-0.4, -0.2) is 138 Å². The van der Waals surface area contributed by atoms with E-state index in [0.717, 1.165) is 12.2 Å². The Morgan fingerprint density at radius 1 is 0.833 bits per heavy atom. The fourth-order valence-corrected chi connectivity index (χ4v) is 6.09. The quantitative estimate of drug-likeness (QED) is 0.0492. The molecule has 1 aromatic heterocycles. The Hall–Kier alpha value is -2.34. The van der Waals surface area contributed by atoms with Crippen LogP contribution < -0.4 is 0 Å². The van der Waals surface area contributed by atoms with Gasteiger partial charge in [0.1, 0.15) is 34.3 Å². The number of aromatic nitrogens is 3. The second-order valence-electron chi connectivity index (χ2n) is 15.5. The average molecular weight is 803 g/mol. The normalized spacial score (nSPS) is 14.3. The van der Waals surface area contributed by atoms with E-state index >= 15 is 0 Å². The molecule has 0 radical (unpaired) electrons. The molecule has 0 spiro atoms. The first kappa shape index (κ1) is 49.7. The Morgan fingerprint density at radius 2 is 1.37 bits per heavy atom. The van der Waals surface area contributed by atoms with Gasteiger partial charge in [-0.05, 0) is 39.4 Å². The van der Waals surface area contributed by atoms with E-state index in [0.29, 0.717) is 43.3 Å². The maximum Gasteiger partial charge on any atom is 0.309 e. The fraction of sp³-hybridized carbons (Fsp3) is 0.838. The molecular weight excluding hydrogens is 735 g/mol. The van der Waals surface area contributed by atoms with E-state index in [2.05, 4.69) is 31.1 Å². The van der Waals surface area contributed by atoms with Crippen LogP contribution in [0.2, 0.25) is 0 Å². The molecule has 1 heterocycles. The van der Waals surface area contributed by atoms with Gasteiger partial charge in [0.2, 0.25) is 0 Å². The summed E-state index contributed by atoms with van der Waals surface area (Å²) in [7, 11) is 3.74. The van der Waals surface area contributed by atoms with Crippen molar-refractivity contribution in [3.63, 3.8) is 0 Å². The maximum atomic E-state index is 12.6. The first-order valence-corrected chi connectivity index (χ1v) is 21.1. The van der Waals surface area contributed by atoms with Crippen molar-refractivity contribution in [3.05, 3.63) is 11.9 Å². The number of nitrogens with zero attached hydrogens (tertiary/aromatic N) is 4. The summed E-state index contributed by atoms with van der Waals surface area (Å²) in [5.74, 6) is 0.189. The Balaban J connectivity index is 2.69. The molecule has 0 aromatic carbocycles. The Kier molecular flexibility index (Phi) is 23.7. The Bertz CT molecular complexity index is 1260. The van der Waals surface area contributed by atoms with Crippen LogP contribution in [0.25, 0.3) is 0 Å². The van der Waals surface area contributed by atoms with E-state index in [1.807, 2.05) is 60.5 Å². The van der Waals surface area contributed by atoms with E-state index in [1.54, 1.807) is 35.3 Å². The molecule has 3 atom stereocenters. The topological polar surface area (TPSA) is 158 Å². The zero-order valence-corrected chi connectivity index (χ0v) is 36.4. The lowest BCUT2D eigenvalue weighted by molar-refractivity contribution is -0.154. The minimum Gasteiger partial charge on any atom is -0.462 e. The molecule has 0 bridgehead atoms. The molecule has 310 valence electrons. The minimum absolute atomic E-state index is 0.0124. The predicted molar refractivity (Wildman–Crippen MR) is 215 cm³/mol. The summed E-state index contributed by atoms with van der Waals surface area (Å²) in [5.41, 5.74) is 0.0373. The van der Waals surface area contributed by atoms with Crippen molar-refractivity contribution < 1.29 is 47.6 Å². The lowest BCUT2D eigenvalue weighted by Crippen LogP contribution is -2.34. The molecular formula is C37H67BN4O10S2. The third-order valence-electron chi connectivity index (χ3n) is 8.25. The van der Waals surface area contributed by atoms with Gasteiger partial charge in [-0.1, -0.05) is 46.8 Å². The van der Waals surface area contributed by atoms with Gasteiger partial charge in [-0.15, -0.1) is 5.10 Å². The summed E-state index contributed by atoms with van der Waals surface area (Å²) in [6, 6.07) is 0. The van der Waals surface area contributed by atoms with Gasteiger partial charge >= 0.3 is 23.9 Å². The average Bonchev–Trinajstić information content (AvgIpc) is 3.56. The van der Waals surface area contributed by atoms with Crippen LogP contribution in [0.15, 0.2) is 6.20 Å². The van der Waals surface area contributed by atoms with E-state index in [1.165, 1.54) is 0 Å². The summed E-state index contributed by atoms with van der Waals surface area (Å²) in [4.78, 5) is 51.5. The van der Waals surface area contributed by atoms with Gasteiger partial charge in [0.25, 0.3) is 0 Å². The highest BCUT2D eigenvalue weighted by Gasteiger charge is 2.23. The number of rotatable bonds is 29. The van der Waals surface area contributed by atoms with Crippen molar-refractivity contribution in [1.29, 1.82) is 0 Å². The van der Waals surface area contributed by atoms with E-state index < -0.39 is 11.9 Å². The summed E-state index contributed by atoms with van der Waals surface area (Å²) >= 11 is 3.35. The van der Waals surface area contributed by atoms with Crippen LogP contribution in [0.5, 0.6) is 0 Å². The number of carbonyl (C=O) groups is 4. The number of hydrogen-bond acceptors (Lipinski definition) is 15. The maximum absolute atomic E-state index is 12.6. The molecule has 0 N–H and O–H groups in total. The first-order chi connectivity index (χ1) is 25.3. The Morgan fingerprint density at radius 3 is 1.89 bits per heavy atom. The highest BCUT2D eigenvalue weighted by atomic mass is 32.2. The van der Waals surface area contributed by atoms with E-state index in [-0.39, 0.29) is 92.0 Å². The van der Waals surface area contributed by atoms with Crippen molar-refractivity contribution in [2.45, 2.75) is 117 Å². The second kappa shape index (κ2) is 25.8. The summed E-state index contributed by atoms with van der Waals surface area (Å²) in [6.07, 6.45) is 3.42. The second-order valence-corrected chi connectivity index (χ2v) is 18.6. The number of aryl methyl sites for hydroxylation is 1. The largest absolute Gasteiger partial charge is 0.462 e. The molecule has 0 aliphatic carbocycles.